The van der Waals surface area contributed by atoms with E-state index < -0.39 is 0 Å². The highest BCUT2D eigenvalue weighted by Crippen LogP contribution is 2.49. The first kappa shape index (κ1) is 27.5. The molecule has 3 aromatic rings. The molecule has 2 aliphatic carbocycles. The van der Waals surface area contributed by atoms with Crippen LogP contribution >= 0.6 is 0 Å². The van der Waals surface area contributed by atoms with Crippen LogP contribution in [-0.4, -0.2) is 30.4 Å². The first-order valence-electron chi connectivity index (χ1n) is 14.8. The maximum Gasteiger partial charge on any atom is 0.338 e. The van der Waals surface area contributed by atoms with Crippen LogP contribution in [0.3, 0.4) is 0 Å². The van der Waals surface area contributed by atoms with Crippen molar-refractivity contribution in [3.05, 3.63) is 89.5 Å². The van der Waals surface area contributed by atoms with Crippen LogP contribution in [0.4, 0.5) is 0 Å². The van der Waals surface area contributed by atoms with E-state index in [1.807, 2.05) is 42.5 Å². The zero-order chi connectivity index (χ0) is 27.2. The fraction of sp³-hybridized carbons (Fsp3) is 0.457. The number of rotatable bonds is 11. The molecule has 1 fully saturated rings. The fourth-order valence-corrected chi connectivity index (χ4v) is 6.90. The molecule has 5 rings (SSSR count). The maximum atomic E-state index is 13.3. The number of hydrogen-bond donors (Lipinski definition) is 1. The quantitative estimate of drug-likeness (QED) is 0.206. The molecule has 5 atom stereocenters. The van der Waals surface area contributed by atoms with Crippen molar-refractivity contribution < 1.29 is 19.4 Å². The number of aliphatic hydroxyl groups excluding tert-OH is 1. The molecule has 0 radical (unpaired) electrons. The number of fused-ring (bicyclic) bond motifs is 2. The molecular formula is C35H42O4. The summed E-state index contributed by atoms with van der Waals surface area (Å²) in [4.78, 5) is 13.3. The Kier molecular flexibility index (Phi) is 9.03. The third kappa shape index (κ3) is 6.38. The molecule has 0 bridgehead atoms. The van der Waals surface area contributed by atoms with E-state index in [4.69, 9.17) is 9.47 Å². The summed E-state index contributed by atoms with van der Waals surface area (Å²) in [5.74, 6) is 1.87. The van der Waals surface area contributed by atoms with Gasteiger partial charge in [0.1, 0.15) is 11.9 Å². The highest BCUT2D eigenvalue weighted by Gasteiger charge is 2.47. The summed E-state index contributed by atoms with van der Waals surface area (Å²) < 4.78 is 12.0. The number of esters is 1. The number of aliphatic hydroxyl groups is 1. The van der Waals surface area contributed by atoms with Crippen LogP contribution < -0.4 is 4.74 Å². The van der Waals surface area contributed by atoms with Gasteiger partial charge in [-0.2, -0.15) is 0 Å². The number of carbonyl (C=O) groups is 1. The van der Waals surface area contributed by atoms with E-state index in [1.54, 1.807) is 7.11 Å². The van der Waals surface area contributed by atoms with Crippen LogP contribution in [-0.2, 0) is 17.6 Å². The average molecular weight is 527 g/mol. The fourth-order valence-electron chi connectivity index (χ4n) is 6.90. The molecule has 1 unspecified atom stereocenters. The Balaban J connectivity index is 1.31. The third-order valence-corrected chi connectivity index (χ3v) is 9.00. The lowest BCUT2D eigenvalue weighted by Crippen LogP contribution is -2.29. The number of ether oxygens (including phenoxy) is 2. The van der Waals surface area contributed by atoms with E-state index in [0.717, 1.165) is 74.7 Å². The molecule has 0 heterocycles. The van der Waals surface area contributed by atoms with Gasteiger partial charge in [0.05, 0.1) is 18.8 Å². The number of hydrogen-bond acceptors (Lipinski definition) is 4. The van der Waals surface area contributed by atoms with Crippen molar-refractivity contribution in [1.29, 1.82) is 0 Å². The van der Waals surface area contributed by atoms with Crippen LogP contribution in [0.5, 0.6) is 5.75 Å². The summed E-state index contributed by atoms with van der Waals surface area (Å²) in [6.07, 6.45) is 8.28. The molecule has 0 aromatic heterocycles. The largest absolute Gasteiger partial charge is 0.496 e. The van der Waals surface area contributed by atoms with Gasteiger partial charge in [-0.3, -0.25) is 0 Å². The second kappa shape index (κ2) is 12.8. The van der Waals surface area contributed by atoms with E-state index >= 15 is 0 Å². The Morgan fingerprint density at radius 2 is 1.69 bits per heavy atom. The first-order chi connectivity index (χ1) is 19.1. The van der Waals surface area contributed by atoms with Crippen molar-refractivity contribution in [2.45, 2.75) is 76.9 Å². The number of benzene rings is 3. The molecule has 1 saturated carbocycles. The number of unbranched alkanes of at least 4 members (excludes halogenated alkanes) is 2. The maximum absolute atomic E-state index is 13.3. The highest BCUT2D eigenvalue weighted by molar-refractivity contribution is 5.90. The van der Waals surface area contributed by atoms with Gasteiger partial charge in [0.15, 0.2) is 0 Å². The minimum absolute atomic E-state index is 0.135. The zero-order valence-electron chi connectivity index (χ0n) is 23.4. The molecule has 0 aliphatic heterocycles. The van der Waals surface area contributed by atoms with Crippen molar-refractivity contribution in [2.75, 3.05) is 7.11 Å². The minimum Gasteiger partial charge on any atom is -0.496 e. The Hall–Kier alpha value is -3.11. The van der Waals surface area contributed by atoms with Gasteiger partial charge < -0.3 is 14.6 Å². The van der Waals surface area contributed by atoms with Gasteiger partial charge in [-0.1, -0.05) is 80.8 Å². The van der Waals surface area contributed by atoms with Gasteiger partial charge in [-0.05, 0) is 96.7 Å². The monoisotopic (exact) mass is 526 g/mol. The molecule has 0 spiro atoms. The lowest BCUT2D eigenvalue weighted by molar-refractivity contribution is 0.0137. The minimum atomic E-state index is -0.284. The Bertz CT molecular complexity index is 1220. The number of carbonyl (C=O) groups excluding carboxylic acids is 1. The summed E-state index contributed by atoms with van der Waals surface area (Å²) >= 11 is 0. The van der Waals surface area contributed by atoms with E-state index in [-0.39, 0.29) is 24.1 Å². The van der Waals surface area contributed by atoms with Crippen LogP contribution in [0, 0.1) is 17.8 Å². The van der Waals surface area contributed by atoms with E-state index in [2.05, 4.69) is 37.3 Å². The van der Waals surface area contributed by atoms with Crippen LogP contribution in [0.1, 0.15) is 73.4 Å². The smallest absolute Gasteiger partial charge is 0.338 e. The molecule has 3 aromatic carbocycles. The Morgan fingerprint density at radius 3 is 2.44 bits per heavy atom. The summed E-state index contributed by atoms with van der Waals surface area (Å²) in [6, 6.07) is 24.3. The van der Waals surface area contributed by atoms with E-state index in [1.165, 1.54) is 11.1 Å². The molecule has 206 valence electrons. The molecule has 4 nitrogen and oxygen atoms in total. The second-order valence-corrected chi connectivity index (χ2v) is 11.4. The molecule has 0 saturated heterocycles. The normalized spacial score (nSPS) is 22.5. The molecule has 0 amide bonds. The van der Waals surface area contributed by atoms with Gasteiger partial charge in [-0.25, -0.2) is 4.79 Å². The second-order valence-electron chi connectivity index (χ2n) is 11.4. The van der Waals surface area contributed by atoms with Crippen molar-refractivity contribution in [1.82, 2.24) is 0 Å². The Morgan fingerprint density at radius 1 is 0.923 bits per heavy atom. The number of methoxy groups -OCH3 is 1. The van der Waals surface area contributed by atoms with Crippen LogP contribution in [0.2, 0.25) is 0 Å². The van der Waals surface area contributed by atoms with Crippen molar-refractivity contribution in [3.63, 3.8) is 0 Å². The highest BCUT2D eigenvalue weighted by atomic mass is 16.5. The standard InChI is InChI=1S/C35H42O4/c1-3-4-6-13-29(36)19-20-30-31-21-27-12-9-14-33(38-2)32(27)22-28(31)23-34(30)39-35(37)26-17-15-25(16-18-26)24-10-7-5-8-11-24/h5,7-12,14-18,28-31,34,36H,3-4,6,13,19-23H2,1-2H3/t28?,29-,30+,31-,34+/m0/s1. The summed E-state index contributed by atoms with van der Waals surface area (Å²) in [5.41, 5.74) is 5.47. The summed E-state index contributed by atoms with van der Waals surface area (Å²) in [5, 5.41) is 10.7. The predicted molar refractivity (Wildman–Crippen MR) is 156 cm³/mol. The van der Waals surface area contributed by atoms with Gasteiger partial charge in [-0.15, -0.1) is 0 Å². The van der Waals surface area contributed by atoms with Crippen molar-refractivity contribution >= 4 is 5.97 Å². The summed E-state index contributed by atoms with van der Waals surface area (Å²) in [7, 11) is 1.74. The van der Waals surface area contributed by atoms with Gasteiger partial charge >= 0.3 is 5.97 Å². The lowest BCUT2D eigenvalue weighted by atomic mass is 9.73. The van der Waals surface area contributed by atoms with E-state index in [0.29, 0.717) is 17.4 Å². The molecule has 39 heavy (non-hydrogen) atoms. The van der Waals surface area contributed by atoms with Crippen LogP contribution in [0.25, 0.3) is 11.1 Å². The van der Waals surface area contributed by atoms with Gasteiger partial charge in [0.25, 0.3) is 0 Å². The predicted octanol–water partition coefficient (Wildman–Crippen LogP) is 7.66. The third-order valence-electron chi connectivity index (χ3n) is 9.00. The van der Waals surface area contributed by atoms with Crippen molar-refractivity contribution in [2.24, 2.45) is 17.8 Å². The molecule has 2 aliphatic rings. The van der Waals surface area contributed by atoms with Gasteiger partial charge in [0, 0.05) is 0 Å². The SMILES string of the molecule is CCCCC[C@H](O)CC[C@H]1[C@H](OC(=O)c2ccc(-c3ccccc3)cc2)CC2Cc3c(cccc3OC)C[C@@H]21. The topological polar surface area (TPSA) is 55.8 Å². The summed E-state index contributed by atoms with van der Waals surface area (Å²) in [6.45, 7) is 2.19. The van der Waals surface area contributed by atoms with Gasteiger partial charge in [0.2, 0.25) is 0 Å². The average Bonchev–Trinajstić information content (AvgIpc) is 3.30. The zero-order valence-corrected chi connectivity index (χ0v) is 23.4. The van der Waals surface area contributed by atoms with Crippen LogP contribution in [0.15, 0.2) is 72.8 Å². The molecule has 1 N–H and O–H groups in total. The first-order valence-corrected chi connectivity index (χ1v) is 14.8. The van der Waals surface area contributed by atoms with Crippen molar-refractivity contribution in [3.8, 4) is 16.9 Å². The Labute approximate surface area is 233 Å². The molecule has 4 heteroatoms. The van der Waals surface area contributed by atoms with E-state index in [9.17, 15) is 9.90 Å². The molecular weight excluding hydrogens is 484 g/mol. The lowest BCUT2D eigenvalue weighted by Gasteiger charge is -2.32.